The number of thiazole rings is 1. The zero-order valence-electron chi connectivity index (χ0n) is 31.1. The second-order valence-corrected chi connectivity index (χ2v) is 17.8. The summed E-state index contributed by atoms with van der Waals surface area (Å²) in [6, 6.07) is 3.34. The summed E-state index contributed by atoms with van der Waals surface area (Å²) < 4.78 is 58.1. The molecule has 5 heterocycles. The lowest BCUT2D eigenvalue weighted by Crippen LogP contribution is -2.68. The molecule has 2 aromatic carbocycles. The Hall–Kier alpha value is -4.15. The van der Waals surface area contributed by atoms with Crippen molar-refractivity contribution in [2.45, 2.75) is 90.2 Å². The van der Waals surface area contributed by atoms with Crippen molar-refractivity contribution in [3.05, 3.63) is 34.9 Å². The minimum atomic E-state index is -1.01. The minimum absolute atomic E-state index is 0.0275. The van der Waals surface area contributed by atoms with E-state index < -0.39 is 46.5 Å². The van der Waals surface area contributed by atoms with E-state index in [4.69, 9.17) is 26.1 Å². The van der Waals surface area contributed by atoms with Gasteiger partial charge < -0.3 is 19.5 Å². The molecule has 4 atom stereocenters. The van der Waals surface area contributed by atoms with Crippen molar-refractivity contribution < 1.29 is 37.3 Å². The van der Waals surface area contributed by atoms with Gasteiger partial charge in [0.15, 0.2) is 10.9 Å². The summed E-state index contributed by atoms with van der Waals surface area (Å²) in [5.41, 5.74) is -2.04. The van der Waals surface area contributed by atoms with E-state index in [1.165, 1.54) is 12.1 Å². The number of hydrogen-bond acceptors (Lipinski definition) is 10. The maximum atomic E-state index is 17.2. The van der Waals surface area contributed by atoms with Gasteiger partial charge in [0.05, 0.1) is 26.8 Å². The number of alkyl halides is 1. The highest BCUT2D eigenvalue weighted by Gasteiger charge is 2.59. The molecule has 0 aliphatic carbocycles. The Morgan fingerprint density at radius 3 is 2.50 bits per heavy atom. The average Bonchev–Trinajstić information content (AvgIpc) is 3.70. The molecule has 12 nitrogen and oxygen atoms in total. The van der Waals surface area contributed by atoms with Gasteiger partial charge in [-0.05, 0) is 70.7 Å². The van der Waals surface area contributed by atoms with Crippen LogP contribution in [0.5, 0.6) is 6.01 Å². The number of amides is 2. The zero-order chi connectivity index (χ0) is 39.1. The van der Waals surface area contributed by atoms with Crippen molar-refractivity contribution in [1.29, 1.82) is 0 Å². The van der Waals surface area contributed by atoms with Gasteiger partial charge in [-0.15, -0.1) is 0 Å². The number of likely N-dealkylation sites (N-methyl/N-ethyl adjacent to an activating group) is 1. The normalized spacial score (nSPS) is 23.4. The van der Waals surface area contributed by atoms with Gasteiger partial charge in [0.2, 0.25) is 0 Å². The highest BCUT2D eigenvalue weighted by molar-refractivity contribution is 7.22. The summed E-state index contributed by atoms with van der Waals surface area (Å²) in [7, 11) is 1.80. The van der Waals surface area contributed by atoms with E-state index in [9.17, 15) is 19.1 Å². The van der Waals surface area contributed by atoms with Crippen LogP contribution in [0.2, 0.25) is 5.02 Å². The highest BCUT2D eigenvalue weighted by Crippen LogP contribution is 2.51. The number of piperazine rings is 1. The van der Waals surface area contributed by atoms with E-state index in [0.29, 0.717) is 18.7 Å². The van der Waals surface area contributed by atoms with Gasteiger partial charge in [0.1, 0.15) is 35.5 Å². The lowest BCUT2D eigenvalue weighted by Gasteiger charge is -2.54. The molecule has 2 amide bonds. The van der Waals surface area contributed by atoms with Crippen LogP contribution in [0.25, 0.3) is 32.2 Å². The molecule has 3 aliphatic rings. The van der Waals surface area contributed by atoms with Crippen LogP contribution in [-0.2, 0) is 4.74 Å². The smallest absolute Gasteiger partial charge is 0.413 e. The number of benzene rings is 2. The van der Waals surface area contributed by atoms with Gasteiger partial charge in [0.25, 0.3) is 0 Å². The van der Waals surface area contributed by atoms with Crippen molar-refractivity contribution in [2.75, 3.05) is 43.5 Å². The predicted molar refractivity (Wildman–Crippen MR) is 202 cm³/mol. The minimum Gasteiger partial charge on any atom is -0.465 e. The van der Waals surface area contributed by atoms with Gasteiger partial charge in [0, 0.05) is 42.2 Å². The Morgan fingerprint density at radius 2 is 1.85 bits per heavy atom. The third-order valence-corrected chi connectivity index (χ3v) is 12.0. The van der Waals surface area contributed by atoms with Gasteiger partial charge in [-0.25, -0.2) is 27.7 Å². The fourth-order valence-corrected chi connectivity index (χ4v) is 9.33. The van der Waals surface area contributed by atoms with Gasteiger partial charge in [-0.3, -0.25) is 15.1 Å². The third kappa shape index (κ3) is 6.74. The number of halogens is 4. The molecule has 0 saturated carbocycles. The number of likely N-dealkylation sites (tertiary alicyclic amines) is 1. The van der Waals surface area contributed by atoms with Crippen molar-refractivity contribution >= 4 is 67.2 Å². The molecule has 54 heavy (non-hydrogen) atoms. The summed E-state index contributed by atoms with van der Waals surface area (Å²) in [6.45, 7) is 12.0. The molecule has 0 spiro atoms. The lowest BCUT2D eigenvalue weighted by atomic mass is 9.71. The van der Waals surface area contributed by atoms with Crippen LogP contribution in [0.1, 0.15) is 60.8 Å². The van der Waals surface area contributed by atoms with Crippen molar-refractivity contribution in [2.24, 2.45) is 5.41 Å². The second kappa shape index (κ2) is 13.6. The Balaban J connectivity index is 1.36. The van der Waals surface area contributed by atoms with Gasteiger partial charge in [-0.1, -0.05) is 43.7 Å². The fraction of sp³-hybridized carbons (Fsp3) is 0.541. The fourth-order valence-electron chi connectivity index (χ4n) is 8.15. The SMILES string of the molecule is CN1C[C@H](F)C[C@H]1COc1nc(N2CC3CCC(C(C)(C)C)(C2)N3C(=O)O)c2cc(Cl)c(-c3ccc(F)c4sc(NC(=O)OC(C)(C)C)nc34)c(F)c2n1. The molecular formula is C37H43ClF3N7O5S. The third-order valence-electron chi connectivity index (χ3n) is 10.8. The number of fused-ring (bicyclic) bond motifs is 4. The van der Waals surface area contributed by atoms with Crippen molar-refractivity contribution in [3.63, 3.8) is 0 Å². The Labute approximate surface area is 319 Å². The van der Waals surface area contributed by atoms with Crippen LogP contribution in [0.4, 0.5) is 33.7 Å². The topological polar surface area (TPSA) is 133 Å². The molecule has 3 fully saturated rings. The number of anilines is 2. The molecule has 7 rings (SSSR count). The first-order chi connectivity index (χ1) is 25.3. The summed E-state index contributed by atoms with van der Waals surface area (Å²) in [5.74, 6) is -1.15. The molecule has 2 bridgehead atoms. The number of hydrogen-bond donors (Lipinski definition) is 2. The van der Waals surface area contributed by atoms with E-state index in [1.807, 2.05) is 30.6 Å². The molecule has 17 heteroatoms. The monoisotopic (exact) mass is 789 g/mol. The molecular weight excluding hydrogens is 747 g/mol. The summed E-state index contributed by atoms with van der Waals surface area (Å²) >= 11 is 7.79. The number of nitrogens with one attached hydrogen (secondary N) is 1. The number of carbonyl (C=O) groups excluding carboxylic acids is 1. The maximum absolute atomic E-state index is 17.2. The van der Waals surface area contributed by atoms with Crippen molar-refractivity contribution in [3.8, 4) is 17.1 Å². The van der Waals surface area contributed by atoms with Crippen LogP contribution in [0.15, 0.2) is 18.2 Å². The maximum Gasteiger partial charge on any atom is 0.413 e. The van der Waals surface area contributed by atoms with Crippen molar-refractivity contribution in [1.82, 2.24) is 24.8 Å². The number of carbonyl (C=O) groups is 2. The first-order valence-corrected chi connectivity index (χ1v) is 19.0. The largest absolute Gasteiger partial charge is 0.465 e. The molecule has 3 saturated heterocycles. The molecule has 290 valence electrons. The van der Waals surface area contributed by atoms with Gasteiger partial charge in [-0.2, -0.15) is 9.97 Å². The molecule has 3 aliphatic heterocycles. The van der Waals surface area contributed by atoms with E-state index in [0.717, 1.165) is 11.3 Å². The zero-order valence-corrected chi connectivity index (χ0v) is 32.7. The van der Waals surface area contributed by atoms with Crippen LogP contribution in [0, 0.1) is 17.0 Å². The number of rotatable bonds is 6. The molecule has 2 unspecified atom stereocenters. The van der Waals surface area contributed by atoms with E-state index in [-0.39, 0.29) is 93.2 Å². The Morgan fingerprint density at radius 1 is 1.11 bits per heavy atom. The van der Waals surface area contributed by atoms with Gasteiger partial charge >= 0.3 is 18.2 Å². The summed E-state index contributed by atoms with van der Waals surface area (Å²) in [5, 5.41) is 13.1. The Kier molecular flexibility index (Phi) is 9.57. The molecule has 2 aromatic heterocycles. The quantitative estimate of drug-likeness (QED) is 0.196. The standard InChI is InChI=1S/C37H43ClF3N7O5S/c1-35(2,3)37-11-10-19(48(37)34(50)51)15-47(17-37)30-22-13-23(38)25(26(41)27(22)42-31(44-30)52-16-20-12-18(39)14-46(20)7)21-8-9-24(40)29-28(21)43-32(54-29)45-33(49)53-36(4,5)6/h8-9,13,18-20H,10-12,14-17H2,1-7H3,(H,50,51)(H,43,45,49)/t18-,19?,20+,37?/m1/s1. The summed E-state index contributed by atoms with van der Waals surface area (Å²) in [4.78, 5) is 44.3. The number of nitrogens with zero attached hydrogens (tertiary/aromatic N) is 6. The molecule has 4 aromatic rings. The van der Waals surface area contributed by atoms with Crippen LogP contribution < -0.4 is 15.0 Å². The predicted octanol–water partition coefficient (Wildman–Crippen LogP) is 8.35. The average molecular weight is 790 g/mol. The Bertz CT molecular complexity index is 2160. The summed E-state index contributed by atoms with van der Waals surface area (Å²) in [6.07, 6.45) is -1.25. The highest BCUT2D eigenvalue weighted by atomic mass is 35.5. The number of aromatic nitrogens is 3. The lowest BCUT2D eigenvalue weighted by molar-refractivity contribution is 0.00528. The van der Waals surface area contributed by atoms with Crippen LogP contribution in [-0.4, -0.2) is 105 Å². The first kappa shape index (κ1) is 38.1. The van der Waals surface area contributed by atoms with Crippen LogP contribution >= 0.6 is 22.9 Å². The van der Waals surface area contributed by atoms with E-state index >= 15 is 8.78 Å². The molecule has 0 radical (unpaired) electrons. The van der Waals surface area contributed by atoms with E-state index in [2.05, 4.69) is 15.3 Å². The molecule has 2 N–H and O–H groups in total. The first-order valence-electron chi connectivity index (χ1n) is 17.8. The van der Waals surface area contributed by atoms with E-state index in [1.54, 1.807) is 38.8 Å². The number of carboxylic acid groups (broad SMARTS) is 1. The number of ether oxygens (including phenoxy) is 2. The second-order valence-electron chi connectivity index (χ2n) is 16.4. The van der Waals surface area contributed by atoms with Crippen LogP contribution in [0.3, 0.4) is 0 Å².